The molecule has 256 valence electrons. The summed E-state index contributed by atoms with van der Waals surface area (Å²) in [5.74, 6) is -2.16. The summed E-state index contributed by atoms with van der Waals surface area (Å²) in [6, 6.07) is 12.5. The maximum Gasteiger partial charge on any atom is 0.326 e. The summed E-state index contributed by atoms with van der Waals surface area (Å²) in [6.07, 6.45) is 8.10. The van der Waals surface area contributed by atoms with Crippen molar-refractivity contribution >= 4 is 59.0 Å². The molecule has 51 heavy (non-hydrogen) atoms. The van der Waals surface area contributed by atoms with Gasteiger partial charge in [-0.15, -0.1) is 0 Å². The number of carbonyl (C=O) groups is 6. The normalized spacial score (nSPS) is 14.7. The minimum atomic E-state index is -0.721. The lowest BCUT2D eigenvalue weighted by atomic mass is 10.0. The first-order valence-corrected chi connectivity index (χ1v) is 14.1. The van der Waals surface area contributed by atoms with Crippen molar-refractivity contribution in [1.29, 1.82) is 0 Å². The van der Waals surface area contributed by atoms with Gasteiger partial charge in [-0.2, -0.15) is 0 Å². The van der Waals surface area contributed by atoms with Crippen molar-refractivity contribution in [2.45, 2.75) is 0 Å². The lowest BCUT2D eigenvalue weighted by molar-refractivity contribution is -0.385. The van der Waals surface area contributed by atoms with Crippen molar-refractivity contribution < 1.29 is 44.1 Å². The van der Waals surface area contributed by atoms with Crippen LogP contribution in [0.3, 0.4) is 0 Å². The first kappa shape index (κ1) is 36.0. The highest BCUT2D eigenvalue weighted by Crippen LogP contribution is 2.26. The number of hydrogen-bond acceptors (Lipinski definition) is 12. The lowest BCUT2D eigenvalue weighted by Gasteiger charge is -2.04. The van der Waals surface area contributed by atoms with Crippen molar-refractivity contribution in [3.8, 4) is 0 Å². The van der Waals surface area contributed by atoms with E-state index in [2.05, 4.69) is 20.6 Å². The zero-order chi connectivity index (χ0) is 35.9. The van der Waals surface area contributed by atoms with Gasteiger partial charge in [0.1, 0.15) is 11.4 Å². The smallest absolute Gasteiger partial charge is 0.326 e. The highest BCUT2D eigenvalue weighted by Gasteiger charge is 2.26. The molecule has 0 unspecified atom stereocenters. The molecule has 0 saturated carbocycles. The summed E-state index contributed by atoms with van der Waals surface area (Å²) >= 11 is 0. The largest absolute Gasteiger partial charge is 0.412 e. The van der Waals surface area contributed by atoms with Gasteiger partial charge in [0.05, 0.1) is 21.0 Å². The van der Waals surface area contributed by atoms with Gasteiger partial charge in [-0.25, -0.2) is 9.59 Å². The number of urea groups is 2. The highest BCUT2D eigenvalue weighted by molar-refractivity contribution is 6.15. The Labute approximate surface area is 284 Å². The molecule has 2 aliphatic rings. The molecule has 4 aromatic rings. The molecule has 6 amide bonds. The Morgan fingerprint density at radius 3 is 1.27 bits per heavy atom. The fourth-order valence-electron chi connectivity index (χ4n) is 4.56. The number of ketones is 2. The van der Waals surface area contributed by atoms with Crippen molar-refractivity contribution in [1.82, 2.24) is 31.2 Å². The Kier molecular flexibility index (Phi) is 10.9. The van der Waals surface area contributed by atoms with Gasteiger partial charge in [0.15, 0.2) is 11.6 Å². The minimum absolute atomic E-state index is 0. The molecule has 4 heterocycles. The van der Waals surface area contributed by atoms with Crippen LogP contribution in [-0.4, -0.2) is 60.7 Å². The van der Waals surface area contributed by atoms with Crippen LogP contribution >= 0.6 is 0 Å². The molecular formula is C32H22N8O11. The standard InChI is InChI=1S/2C16H10N4O5.H2O/c2*21-14(10-2-1-5-17-8-10)9-3-4-13(20(24)25)11(6-9)7-12-15(22)19-16(23)18-12;/h2*1-8H,(H2,18,19,22,23);1H2/b2*12-7-;. The zero-order valence-electron chi connectivity index (χ0n) is 25.6. The number of nitrogens with zero attached hydrogens (tertiary/aromatic N) is 4. The number of imide groups is 2. The van der Waals surface area contributed by atoms with Crippen LogP contribution in [0.2, 0.25) is 0 Å². The SMILES string of the molecule is O.O=C1NC(=O)/C(=C/c2cc(C(=O)c3cccnc3)ccc2[N+](=O)[O-])N1.O=C1NC(=O)/C(=C/c2cc(C(=O)c3cccnc3)ccc2[N+](=O)[O-])N1. The summed E-state index contributed by atoms with van der Waals surface area (Å²) in [4.78, 5) is 99.2. The Bertz CT molecular complexity index is 2030. The third-order valence-electron chi connectivity index (χ3n) is 6.86. The van der Waals surface area contributed by atoms with Gasteiger partial charge < -0.3 is 16.1 Å². The van der Waals surface area contributed by atoms with E-state index in [1.807, 2.05) is 10.6 Å². The van der Waals surface area contributed by atoms with E-state index in [1.165, 1.54) is 61.2 Å². The minimum Gasteiger partial charge on any atom is -0.412 e. The molecule has 0 atom stereocenters. The van der Waals surface area contributed by atoms with E-state index < -0.39 is 33.7 Å². The van der Waals surface area contributed by atoms with E-state index in [1.54, 1.807) is 24.3 Å². The maximum atomic E-state index is 12.5. The molecule has 0 spiro atoms. The number of nitro benzene ring substituents is 2. The fraction of sp³-hybridized carbons (Fsp3) is 0. The van der Waals surface area contributed by atoms with Crippen LogP contribution in [-0.2, 0) is 9.59 Å². The molecule has 19 heteroatoms. The van der Waals surface area contributed by atoms with Crippen LogP contribution in [0, 0.1) is 20.2 Å². The van der Waals surface area contributed by atoms with Crippen molar-refractivity contribution in [3.05, 3.63) is 150 Å². The monoisotopic (exact) mass is 694 g/mol. The molecule has 2 aromatic carbocycles. The predicted molar refractivity (Wildman–Crippen MR) is 174 cm³/mol. The van der Waals surface area contributed by atoms with Gasteiger partial charge >= 0.3 is 12.1 Å². The third-order valence-corrected chi connectivity index (χ3v) is 6.86. The van der Waals surface area contributed by atoms with Crippen LogP contribution in [0.15, 0.2) is 96.8 Å². The molecule has 6 rings (SSSR count). The highest BCUT2D eigenvalue weighted by atomic mass is 16.6. The number of hydrogen-bond donors (Lipinski definition) is 4. The average molecular weight is 695 g/mol. The summed E-state index contributed by atoms with van der Waals surface area (Å²) < 4.78 is 0. The maximum absolute atomic E-state index is 12.5. The number of carbonyl (C=O) groups excluding carboxylic acids is 6. The second-order valence-electron chi connectivity index (χ2n) is 10.1. The topological polar surface area (TPSA) is 294 Å². The molecule has 6 N–H and O–H groups in total. The number of amides is 6. The van der Waals surface area contributed by atoms with Crippen LogP contribution in [0.25, 0.3) is 12.2 Å². The van der Waals surface area contributed by atoms with Gasteiger partial charge in [0, 0.05) is 59.2 Å². The first-order chi connectivity index (χ1) is 23.9. The third kappa shape index (κ3) is 8.38. The second kappa shape index (κ2) is 15.4. The van der Waals surface area contributed by atoms with Crippen molar-refractivity contribution in [2.24, 2.45) is 0 Å². The van der Waals surface area contributed by atoms with Crippen molar-refractivity contribution in [3.63, 3.8) is 0 Å². The number of nitro groups is 2. The zero-order valence-corrected chi connectivity index (χ0v) is 25.6. The Balaban J connectivity index is 0.000000224. The van der Waals surface area contributed by atoms with Crippen LogP contribution < -0.4 is 21.3 Å². The van der Waals surface area contributed by atoms with E-state index in [-0.39, 0.29) is 62.1 Å². The Hall–Kier alpha value is -7.80. The van der Waals surface area contributed by atoms with Crippen molar-refractivity contribution in [2.75, 3.05) is 0 Å². The van der Waals surface area contributed by atoms with Crippen LogP contribution in [0.5, 0.6) is 0 Å². The number of aromatic nitrogens is 2. The van der Waals surface area contributed by atoms with E-state index >= 15 is 0 Å². The molecule has 0 radical (unpaired) electrons. The van der Waals surface area contributed by atoms with Gasteiger partial charge in [-0.3, -0.25) is 60.0 Å². The molecule has 2 aliphatic heterocycles. The molecule has 2 fully saturated rings. The van der Waals surface area contributed by atoms with Gasteiger partial charge in [0.25, 0.3) is 23.2 Å². The fourth-order valence-corrected chi connectivity index (χ4v) is 4.56. The number of pyridine rings is 2. The van der Waals surface area contributed by atoms with Crippen LogP contribution in [0.4, 0.5) is 21.0 Å². The number of rotatable bonds is 8. The predicted octanol–water partition coefficient (Wildman–Crippen LogP) is 1.98. The Morgan fingerprint density at radius 2 is 0.980 bits per heavy atom. The van der Waals surface area contributed by atoms with Gasteiger partial charge in [-0.05, 0) is 60.7 Å². The molecule has 0 aliphatic carbocycles. The van der Waals surface area contributed by atoms with E-state index in [4.69, 9.17) is 0 Å². The number of nitrogens with one attached hydrogen (secondary N) is 4. The summed E-state index contributed by atoms with van der Waals surface area (Å²) in [5, 5.41) is 30.9. The molecule has 0 bridgehead atoms. The summed E-state index contributed by atoms with van der Waals surface area (Å²) in [7, 11) is 0. The molecule has 2 aromatic heterocycles. The first-order valence-electron chi connectivity index (χ1n) is 14.1. The van der Waals surface area contributed by atoms with Gasteiger partial charge in [-0.1, -0.05) is 0 Å². The number of benzene rings is 2. The molecule has 2 saturated heterocycles. The summed E-state index contributed by atoms with van der Waals surface area (Å²) in [5.41, 5.74) is 0.180. The average Bonchev–Trinajstić information content (AvgIpc) is 3.60. The van der Waals surface area contributed by atoms with E-state index in [0.29, 0.717) is 11.1 Å². The summed E-state index contributed by atoms with van der Waals surface area (Å²) in [6.45, 7) is 0. The second-order valence-corrected chi connectivity index (χ2v) is 10.1. The van der Waals surface area contributed by atoms with Crippen LogP contribution in [0.1, 0.15) is 43.0 Å². The molecule has 19 nitrogen and oxygen atoms in total. The van der Waals surface area contributed by atoms with Gasteiger partial charge in [0.2, 0.25) is 0 Å². The Morgan fingerprint density at radius 1 is 0.588 bits per heavy atom. The van der Waals surface area contributed by atoms with E-state index in [0.717, 1.165) is 12.2 Å². The quantitative estimate of drug-likeness (QED) is 0.0677. The molecular weight excluding hydrogens is 672 g/mol. The lowest BCUT2D eigenvalue weighted by Crippen LogP contribution is -2.22. The van der Waals surface area contributed by atoms with E-state index in [9.17, 15) is 49.0 Å².